The van der Waals surface area contributed by atoms with Crippen LogP contribution in [0.4, 0.5) is 11.5 Å². The first kappa shape index (κ1) is 27.3. The summed E-state index contributed by atoms with van der Waals surface area (Å²) >= 11 is 17.1. The van der Waals surface area contributed by atoms with Crippen molar-refractivity contribution in [2.24, 2.45) is 0 Å². The Hall–Kier alpha value is -2.78. The molecule has 1 aliphatic heterocycles. The molecule has 1 aromatic heterocycles. The van der Waals surface area contributed by atoms with Gasteiger partial charge in [0.25, 0.3) is 0 Å². The van der Waals surface area contributed by atoms with Gasteiger partial charge >= 0.3 is 0 Å². The van der Waals surface area contributed by atoms with Gasteiger partial charge in [0.2, 0.25) is 0 Å². The number of aromatic nitrogens is 2. The molecule has 37 heavy (non-hydrogen) atoms. The van der Waals surface area contributed by atoms with Crippen molar-refractivity contribution in [3.8, 4) is 22.6 Å². The predicted molar refractivity (Wildman–Crippen MR) is 157 cm³/mol. The molecule has 0 spiro atoms. The molecule has 7 nitrogen and oxygen atoms in total. The number of benzene rings is 3. The number of methoxy groups -OCH3 is 2. The molecule has 0 bridgehead atoms. The van der Waals surface area contributed by atoms with Crippen LogP contribution in [0.3, 0.4) is 0 Å². The van der Waals surface area contributed by atoms with E-state index in [9.17, 15) is 0 Å². The van der Waals surface area contributed by atoms with Gasteiger partial charge < -0.3 is 25.4 Å². The zero-order valence-corrected chi connectivity index (χ0v) is 23.6. The molecular weight excluding hydrogens is 529 g/mol. The van der Waals surface area contributed by atoms with E-state index in [1.54, 1.807) is 6.07 Å². The number of nitrogen functional groups attached to an aromatic ring is 1. The zero-order valence-electron chi connectivity index (χ0n) is 21.2. The van der Waals surface area contributed by atoms with Crippen molar-refractivity contribution in [3.63, 3.8) is 0 Å². The number of hydrogen-bond donors (Lipinski definition) is 4. The number of ether oxygens (including phenoxy) is 2. The molecule has 1 fully saturated rings. The van der Waals surface area contributed by atoms with Gasteiger partial charge in [0.05, 0.1) is 29.8 Å². The SMILES string of the molecule is COc1cc(OC)c(Cl)c(-c2ccc3c(N)n[nH]c3c2)c1Cl.C[C@@H]1CN(c2ccc(S)cc2)C[C@H](C)N1. The smallest absolute Gasteiger partial charge is 0.153 e. The Morgan fingerprint density at radius 1 is 0.946 bits per heavy atom. The monoisotopic (exact) mass is 559 g/mol. The summed E-state index contributed by atoms with van der Waals surface area (Å²) in [6.45, 7) is 6.62. The standard InChI is InChI=1S/C15H13Cl2N3O2.C12H18N2S/c1-21-10-6-11(22-2)14(17)12(13(10)16)7-3-4-8-9(5-7)19-20-15(8)18;1-9-7-14(8-10(2)13-9)11-3-5-12(15)6-4-11/h3-6H,1-2H3,(H3,18,19,20);3-6,9-10,13,15H,7-8H2,1-2H3/t;9-,10+. The summed E-state index contributed by atoms with van der Waals surface area (Å²) in [6.07, 6.45) is 0. The van der Waals surface area contributed by atoms with E-state index in [2.05, 4.69) is 71.2 Å². The van der Waals surface area contributed by atoms with Gasteiger partial charge in [-0.1, -0.05) is 29.3 Å². The fourth-order valence-corrected chi connectivity index (χ4v) is 5.40. The number of aromatic amines is 1. The highest BCUT2D eigenvalue weighted by molar-refractivity contribution is 7.80. The van der Waals surface area contributed by atoms with Crippen LogP contribution in [0.15, 0.2) is 53.4 Å². The van der Waals surface area contributed by atoms with Crippen LogP contribution in [-0.2, 0) is 0 Å². The molecule has 5 rings (SSSR count). The number of halogens is 2. The van der Waals surface area contributed by atoms with E-state index in [0.29, 0.717) is 45.0 Å². The van der Waals surface area contributed by atoms with Gasteiger partial charge in [-0.05, 0) is 55.8 Å². The van der Waals surface area contributed by atoms with Crippen LogP contribution in [0.2, 0.25) is 10.0 Å². The topological polar surface area (TPSA) is 88.4 Å². The molecule has 2 atom stereocenters. The van der Waals surface area contributed by atoms with Gasteiger partial charge in [0, 0.05) is 52.8 Å². The lowest BCUT2D eigenvalue weighted by molar-refractivity contribution is 0.395. The highest BCUT2D eigenvalue weighted by Gasteiger charge is 2.21. The van der Waals surface area contributed by atoms with Crippen LogP contribution in [0, 0.1) is 0 Å². The minimum Gasteiger partial charge on any atom is -0.495 e. The summed E-state index contributed by atoms with van der Waals surface area (Å²) < 4.78 is 10.6. The summed E-state index contributed by atoms with van der Waals surface area (Å²) in [5.74, 6) is 1.42. The maximum absolute atomic E-state index is 6.42. The molecule has 4 aromatic rings. The Bertz CT molecular complexity index is 1340. The number of nitrogens with zero attached hydrogens (tertiary/aromatic N) is 2. The van der Waals surface area contributed by atoms with Crippen LogP contribution in [0.25, 0.3) is 22.0 Å². The maximum Gasteiger partial charge on any atom is 0.153 e. The van der Waals surface area contributed by atoms with Crippen molar-refractivity contribution >= 4 is 58.2 Å². The van der Waals surface area contributed by atoms with E-state index < -0.39 is 0 Å². The van der Waals surface area contributed by atoms with Crippen molar-refractivity contribution in [1.82, 2.24) is 15.5 Å². The maximum atomic E-state index is 6.42. The fraction of sp³-hybridized carbons (Fsp3) is 0.296. The number of rotatable bonds is 4. The lowest BCUT2D eigenvalue weighted by atomic mass is 10.0. The second-order valence-electron chi connectivity index (χ2n) is 9.04. The molecular formula is C27H31Cl2N5O2S. The van der Waals surface area contributed by atoms with Gasteiger partial charge in [-0.15, -0.1) is 12.6 Å². The highest BCUT2D eigenvalue weighted by Crippen LogP contribution is 2.46. The number of fused-ring (bicyclic) bond motifs is 1. The Kier molecular flexibility index (Phi) is 8.64. The summed E-state index contributed by atoms with van der Waals surface area (Å²) in [6, 6.07) is 16.8. The lowest BCUT2D eigenvalue weighted by Crippen LogP contribution is -2.54. The number of anilines is 2. The average molecular weight is 561 g/mol. The molecule has 0 amide bonds. The molecule has 0 saturated carbocycles. The Morgan fingerprint density at radius 2 is 1.54 bits per heavy atom. The van der Waals surface area contributed by atoms with E-state index in [1.165, 1.54) is 19.9 Å². The summed E-state index contributed by atoms with van der Waals surface area (Å²) in [5.41, 5.74) is 9.32. The van der Waals surface area contributed by atoms with E-state index >= 15 is 0 Å². The van der Waals surface area contributed by atoms with E-state index in [0.717, 1.165) is 34.5 Å². The molecule has 3 aromatic carbocycles. The minimum absolute atomic E-state index is 0.417. The van der Waals surface area contributed by atoms with Crippen molar-refractivity contribution in [2.75, 3.05) is 37.9 Å². The van der Waals surface area contributed by atoms with Gasteiger partial charge in [0.1, 0.15) is 11.5 Å². The first-order chi connectivity index (χ1) is 17.7. The largest absolute Gasteiger partial charge is 0.495 e. The van der Waals surface area contributed by atoms with Gasteiger partial charge in [-0.3, -0.25) is 5.10 Å². The molecule has 0 radical (unpaired) electrons. The summed E-state index contributed by atoms with van der Waals surface area (Å²) in [4.78, 5) is 3.45. The quantitative estimate of drug-likeness (QED) is 0.219. The van der Waals surface area contributed by atoms with Crippen molar-refractivity contribution < 1.29 is 9.47 Å². The number of piperazine rings is 1. The number of hydrogen-bond acceptors (Lipinski definition) is 7. The van der Waals surface area contributed by atoms with Crippen molar-refractivity contribution in [2.45, 2.75) is 30.8 Å². The molecule has 196 valence electrons. The van der Waals surface area contributed by atoms with Gasteiger partial charge in [0.15, 0.2) is 5.82 Å². The summed E-state index contributed by atoms with van der Waals surface area (Å²) in [7, 11) is 3.08. The third-order valence-corrected chi connectivity index (χ3v) is 7.28. The fourth-order valence-electron chi connectivity index (χ4n) is 4.54. The van der Waals surface area contributed by atoms with Crippen LogP contribution in [-0.4, -0.2) is 49.6 Å². The number of thiol groups is 1. The number of nitrogens with one attached hydrogen (secondary N) is 2. The molecule has 10 heteroatoms. The highest BCUT2D eigenvalue weighted by atomic mass is 35.5. The average Bonchev–Trinajstić information content (AvgIpc) is 3.24. The van der Waals surface area contributed by atoms with Gasteiger partial charge in [-0.2, -0.15) is 5.10 Å². The van der Waals surface area contributed by atoms with Crippen molar-refractivity contribution in [1.29, 1.82) is 0 Å². The first-order valence-corrected chi connectivity index (χ1v) is 13.1. The summed E-state index contributed by atoms with van der Waals surface area (Å²) in [5, 5.41) is 12.1. The Balaban J connectivity index is 0.000000186. The molecule has 1 saturated heterocycles. The zero-order chi connectivity index (χ0) is 26.7. The van der Waals surface area contributed by atoms with Crippen LogP contribution in [0.1, 0.15) is 13.8 Å². The van der Waals surface area contributed by atoms with Crippen LogP contribution >= 0.6 is 35.8 Å². The predicted octanol–water partition coefficient (Wildman–Crippen LogP) is 6.30. The van der Waals surface area contributed by atoms with Crippen LogP contribution < -0.4 is 25.4 Å². The Labute approximate surface area is 232 Å². The van der Waals surface area contributed by atoms with Crippen molar-refractivity contribution in [3.05, 3.63) is 58.6 Å². The third kappa shape index (κ3) is 6.04. The second kappa shape index (κ2) is 11.7. The van der Waals surface area contributed by atoms with E-state index in [-0.39, 0.29) is 0 Å². The second-order valence-corrected chi connectivity index (χ2v) is 10.3. The molecule has 4 N–H and O–H groups in total. The van der Waals surface area contributed by atoms with Gasteiger partial charge in [-0.25, -0.2) is 0 Å². The molecule has 0 aliphatic carbocycles. The molecule has 1 aliphatic rings. The molecule has 2 heterocycles. The number of H-pyrrole nitrogens is 1. The third-order valence-electron chi connectivity index (χ3n) is 6.23. The lowest BCUT2D eigenvalue weighted by Gasteiger charge is -2.37. The normalized spacial score (nSPS) is 17.3. The number of nitrogens with two attached hydrogens (primary N) is 1. The first-order valence-electron chi connectivity index (χ1n) is 11.9. The van der Waals surface area contributed by atoms with E-state index in [4.69, 9.17) is 38.4 Å². The Morgan fingerprint density at radius 3 is 2.11 bits per heavy atom. The molecule has 0 unspecified atom stereocenters. The van der Waals surface area contributed by atoms with E-state index in [1.807, 2.05) is 18.2 Å². The van der Waals surface area contributed by atoms with Crippen LogP contribution in [0.5, 0.6) is 11.5 Å². The minimum atomic E-state index is 0.417.